The van der Waals surface area contributed by atoms with Gasteiger partial charge < -0.3 is 21.5 Å². The van der Waals surface area contributed by atoms with Crippen LogP contribution in [0, 0.1) is 0 Å². The molecule has 0 aliphatic heterocycles. The normalized spacial score (nSPS) is 11.9. The molecule has 8 heteroatoms. The van der Waals surface area contributed by atoms with Crippen LogP contribution in [0.3, 0.4) is 0 Å². The summed E-state index contributed by atoms with van der Waals surface area (Å²) in [6, 6.07) is 0. The summed E-state index contributed by atoms with van der Waals surface area (Å²) < 4.78 is 0. The number of nitrogens with two attached hydrogens (primary N) is 2. The van der Waals surface area contributed by atoms with E-state index in [1.165, 1.54) is 11.1 Å². The van der Waals surface area contributed by atoms with Crippen LogP contribution in [0.4, 0.5) is 11.8 Å². The van der Waals surface area contributed by atoms with Crippen molar-refractivity contribution >= 4 is 30.8 Å². The smallest absolute Gasteiger partial charge is 0.221 e. The predicted molar refractivity (Wildman–Crippen MR) is 75.9 cm³/mol. The lowest BCUT2D eigenvalue weighted by Gasteiger charge is -2.20. The van der Waals surface area contributed by atoms with Crippen LogP contribution in [0.15, 0.2) is 16.8 Å². The van der Waals surface area contributed by atoms with E-state index < -0.39 is 0 Å². The lowest BCUT2D eigenvalue weighted by atomic mass is 10.2. The molecule has 0 saturated carbocycles. The summed E-state index contributed by atoms with van der Waals surface area (Å²) in [6.07, 6.45) is 2.53. The summed E-state index contributed by atoms with van der Waals surface area (Å²) in [7, 11) is 0. The SMILES string of the molecule is C/C(=C(/S)CCO)N(C=O)Cc1cnc(N)nc1N. The molecule has 1 aromatic rings. The molecule has 0 aliphatic carbocycles. The molecular formula is C11H17N5O2S. The largest absolute Gasteiger partial charge is 0.396 e. The van der Waals surface area contributed by atoms with E-state index in [9.17, 15) is 4.79 Å². The third kappa shape index (κ3) is 4.11. The second kappa shape index (κ2) is 6.95. The third-order valence-corrected chi connectivity index (χ3v) is 3.13. The lowest BCUT2D eigenvalue weighted by Crippen LogP contribution is -2.21. The molecular weight excluding hydrogens is 266 g/mol. The van der Waals surface area contributed by atoms with Gasteiger partial charge in [0.05, 0.1) is 6.54 Å². The Labute approximate surface area is 116 Å². The van der Waals surface area contributed by atoms with Gasteiger partial charge in [-0.05, 0) is 6.92 Å². The number of carbonyl (C=O) groups excluding carboxylic acids is 1. The molecule has 1 rings (SSSR count). The van der Waals surface area contributed by atoms with Crippen molar-refractivity contribution in [3.05, 3.63) is 22.4 Å². The summed E-state index contributed by atoms with van der Waals surface area (Å²) >= 11 is 4.24. The molecule has 0 radical (unpaired) electrons. The standard InChI is InChI=1S/C11H17N5O2S/c1-7(9(19)2-3-17)16(6-18)5-8-4-14-11(13)15-10(8)12/h4,6,17,19H,2-3,5H2,1H3,(H4,12,13,14,15)/b9-7-. The minimum Gasteiger partial charge on any atom is -0.396 e. The molecule has 1 heterocycles. The fourth-order valence-electron chi connectivity index (χ4n) is 1.43. The van der Waals surface area contributed by atoms with Gasteiger partial charge in [0.2, 0.25) is 12.4 Å². The maximum absolute atomic E-state index is 11.1. The van der Waals surface area contributed by atoms with Crippen molar-refractivity contribution in [1.29, 1.82) is 0 Å². The van der Waals surface area contributed by atoms with Crippen LogP contribution in [-0.4, -0.2) is 33.0 Å². The van der Waals surface area contributed by atoms with Crippen molar-refractivity contribution in [1.82, 2.24) is 14.9 Å². The summed E-state index contributed by atoms with van der Waals surface area (Å²) in [5.41, 5.74) is 12.3. The highest BCUT2D eigenvalue weighted by Gasteiger charge is 2.12. The van der Waals surface area contributed by atoms with Gasteiger partial charge in [0, 0.05) is 35.4 Å². The van der Waals surface area contributed by atoms with Crippen LogP contribution in [0.5, 0.6) is 0 Å². The van der Waals surface area contributed by atoms with Crippen LogP contribution in [-0.2, 0) is 11.3 Å². The molecule has 7 nitrogen and oxygen atoms in total. The minimum atomic E-state index is -0.0318. The van der Waals surface area contributed by atoms with Crippen molar-refractivity contribution in [3.8, 4) is 0 Å². The zero-order valence-electron chi connectivity index (χ0n) is 10.6. The number of rotatable bonds is 6. The van der Waals surface area contributed by atoms with Gasteiger partial charge in [0.1, 0.15) is 5.82 Å². The van der Waals surface area contributed by atoms with Gasteiger partial charge in [-0.25, -0.2) is 4.98 Å². The number of aliphatic hydroxyl groups excluding tert-OH is 1. The molecule has 0 aromatic carbocycles. The number of anilines is 2. The minimum absolute atomic E-state index is 0.0318. The number of nitrogen functional groups attached to an aromatic ring is 2. The molecule has 0 aliphatic rings. The zero-order chi connectivity index (χ0) is 14.4. The molecule has 0 unspecified atom stereocenters. The van der Waals surface area contributed by atoms with E-state index in [1.807, 2.05) is 0 Å². The molecule has 1 aromatic heterocycles. The maximum Gasteiger partial charge on any atom is 0.221 e. The molecule has 5 N–H and O–H groups in total. The number of hydrogen-bond acceptors (Lipinski definition) is 7. The highest BCUT2D eigenvalue weighted by Crippen LogP contribution is 2.19. The Morgan fingerprint density at radius 1 is 1.58 bits per heavy atom. The van der Waals surface area contributed by atoms with E-state index in [-0.39, 0.29) is 24.9 Å². The number of aliphatic hydroxyl groups is 1. The Hall–Kier alpha value is -1.80. The van der Waals surface area contributed by atoms with Crippen LogP contribution in [0.25, 0.3) is 0 Å². The van der Waals surface area contributed by atoms with E-state index in [4.69, 9.17) is 16.6 Å². The van der Waals surface area contributed by atoms with Gasteiger partial charge in [-0.1, -0.05) is 0 Å². The first-order valence-corrected chi connectivity index (χ1v) is 6.02. The van der Waals surface area contributed by atoms with Crippen LogP contribution in [0.1, 0.15) is 18.9 Å². The number of aromatic nitrogens is 2. The molecule has 0 bridgehead atoms. The number of nitrogens with zero attached hydrogens (tertiary/aromatic N) is 3. The molecule has 104 valence electrons. The number of amides is 1. The summed E-state index contributed by atoms with van der Waals surface area (Å²) in [5, 5.41) is 8.86. The quantitative estimate of drug-likeness (QED) is 0.436. The molecule has 1 amide bonds. The maximum atomic E-state index is 11.1. The van der Waals surface area contributed by atoms with E-state index in [0.717, 1.165) is 0 Å². The molecule has 0 spiro atoms. The molecule has 19 heavy (non-hydrogen) atoms. The number of thiol groups is 1. The fraction of sp³-hybridized carbons (Fsp3) is 0.364. The number of carbonyl (C=O) groups is 1. The van der Waals surface area contributed by atoms with Crippen molar-refractivity contribution in [2.75, 3.05) is 18.1 Å². The van der Waals surface area contributed by atoms with E-state index in [1.54, 1.807) is 6.92 Å². The van der Waals surface area contributed by atoms with Gasteiger partial charge in [-0.3, -0.25) is 4.79 Å². The Bertz CT molecular complexity index is 492. The second-order valence-electron chi connectivity index (χ2n) is 3.88. The van der Waals surface area contributed by atoms with E-state index >= 15 is 0 Å². The molecule has 0 fully saturated rings. The predicted octanol–water partition coefficient (Wildman–Crippen LogP) is 0.143. The van der Waals surface area contributed by atoms with Gasteiger partial charge in [-0.15, -0.1) is 12.6 Å². The number of hydrogen-bond donors (Lipinski definition) is 4. The van der Waals surface area contributed by atoms with Crippen molar-refractivity contribution in [2.45, 2.75) is 19.9 Å². The third-order valence-electron chi connectivity index (χ3n) is 2.58. The number of allylic oxidation sites excluding steroid dienone is 1. The Balaban J connectivity index is 2.93. The summed E-state index contributed by atoms with van der Waals surface area (Å²) in [4.78, 5) is 20.8. The monoisotopic (exact) mass is 283 g/mol. The lowest BCUT2D eigenvalue weighted by molar-refractivity contribution is -0.116. The van der Waals surface area contributed by atoms with E-state index in [0.29, 0.717) is 29.0 Å². The first-order valence-electron chi connectivity index (χ1n) is 5.58. The van der Waals surface area contributed by atoms with Gasteiger partial charge in [0.15, 0.2) is 0 Å². The van der Waals surface area contributed by atoms with Crippen LogP contribution in [0.2, 0.25) is 0 Å². The topological polar surface area (TPSA) is 118 Å². The Morgan fingerprint density at radius 2 is 2.26 bits per heavy atom. The highest BCUT2D eigenvalue weighted by molar-refractivity contribution is 7.84. The Kier molecular flexibility index (Phi) is 5.58. The van der Waals surface area contributed by atoms with Gasteiger partial charge in [0.25, 0.3) is 0 Å². The molecule has 0 atom stereocenters. The Morgan fingerprint density at radius 3 is 2.79 bits per heavy atom. The first kappa shape index (κ1) is 15.3. The van der Waals surface area contributed by atoms with E-state index in [2.05, 4.69) is 22.6 Å². The second-order valence-corrected chi connectivity index (χ2v) is 4.42. The summed E-state index contributed by atoms with van der Waals surface area (Å²) in [5.74, 6) is 0.316. The van der Waals surface area contributed by atoms with Crippen molar-refractivity contribution in [2.24, 2.45) is 0 Å². The summed E-state index contributed by atoms with van der Waals surface area (Å²) in [6.45, 7) is 1.92. The van der Waals surface area contributed by atoms with Gasteiger partial charge in [-0.2, -0.15) is 4.98 Å². The van der Waals surface area contributed by atoms with Crippen LogP contribution < -0.4 is 11.5 Å². The van der Waals surface area contributed by atoms with Crippen molar-refractivity contribution < 1.29 is 9.90 Å². The van der Waals surface area contributed by atoms with Crippen LogP contribution >= 0.6 is 12.6 Å². The average Bonchev–Trinajstić information content (AvgIpc) is 2.37. The highest BCUT2D eigenvalue weighted by atomic mass is 32.1. The molecule has 0 saturated heterocycles. The van der Waals surface area contributed by atoms with Crippen molar-refractivity contribution in [3.63, 3.8) is 0 Å². The first-order chi connectivity index (χ1) is 8.99. The fourth-order valence-corrected chi connectivity index (χ4v) is 1.66. The average molecular weight is 283 g/mol. The zero-order valence-corrected chi connectivity index (χ0v) is 11.5. The van der Waals surface area contributed by atoms with Gasteiger partial charge >= 0.3 is 0 Å².